The Hall–Kier alpha value is -4.62. The first kappa shape index (κ1) is 42.5. The van der Waals surface area contributed by atoms with Crippen molar-refractivity contribution in [1.29, 1.82) is 0 Å². The summed E-state index contributed by atoms with van der Waals surface area (Å²) in [6.45, 7) is 16.5. The molecule has 0 unspecified atom stereocenters. The minimum Gasteiger partial charge on any atom is -0.488 e. The Labute approximate surface area is 307 Å². The van der Waals surface area contributed by atoms with Crippen LogP contribution in [0.1, 0.15) is 104 Å². The van der Waals surface area contributed by atoms with E-state index in [0.717, 1.165) is 74.3 Å². The van der Waals surface area contributed by atoms with Crippen LogP contribution in [0, 0.1) is 13.8 Å². The predicted octanol–water partition coefficient (Wildman–Crippen LogP) is 9.65. The largest absolute Gasteiger partial charge is 0.488 e. The van der Waals surface area contributed by atoms with Crippen molar-refractivity contribution in [3.63, 3.8) is 0 Å². The lowest BCUT2D eigenvalue weighted by molar-refractivity contribution is -0.118. The highest BCUT2D eigenvalue weighted by molar-refractivity contribution is 5.97. The molecule has 7 nitrogen and oxygen atoms in total. The number of unbranched alkanes of at least 4 members (excludes halogenated alkanes) is 2. The maximum absolute atomic E-state index is 13.1. The first-order valence-electron chi connectivity index (χ1n) is 18.4. The highest BCUT2D eigenvalue weighted by atomic mass is 16.5. The number of hydrogen-bond acceptors (Lipinski definition) is 5. The number of carbonyl (C=O) groups is 2. The van der Waals surface area contributed by atoms with Gasteiger partial charge in [-0.15, -0.1) is 0 Å². The van der Waals surface area contributed by atoms with Crippen LogP contribution < -0.4 is 15.2 Å². The zero-order valence-electron chi connectivity index (χ0n) is 32.1. The quantitative estimate of drug-likeness (QED) is 0.141. The molecule has 2 amide bonds. The van der Waals surface area contributed by atoms with Gasteiger partial charge in [0, 0.05) is 32.7 Å². The number of amides is 2. The number of fused-ring (bicyclic) bond motifs is 1. The predicted molar refractivity (Wildman–Crippen MR) is 211 cm³/mol. The lowest BCUT2D eigenvalue weighted by Crippen LogP contribution is -2.28. The molecule has 0 radical (unpaired) electrons. The van der Waals surface area contributed by atoms with Crippen LogP contribution >= 0.6 is 0 Å². The average molecular weight is 696 g/mol. The van der Waals surface area contributed by atoms with Gasteiger partial charge < -0.3 is 25.0 Å². The van der Waals surface area contributed by atoms with Gasteiger partial charge >= 0.3 is 0 Å². The SMILES string of the molecule is CCCC.CCCCN(C)C(=O)c1cc(C)c(OCc2ccccc2)cc1OCc1ccccc1.CCCN.Cc1ccc2c(c1)CN(C=O)C2. The maximum atomic E-state index is 13.1. The third kappa shape index (κ3) is 15.4. The van der Waals surface area contributed by atoms with Crippen molar-refractivity contribution in [2.45, 2.75) is 99.9 Å². The minimum absolute atomic E-state index is 0.0331. The van der Waals surface area contributed by atoms with Gasteiger partial charge in [0.05, 0.1) is 5.56 Å². The second-order valence-corrected chi connectivity index (χ2v) is 12.8. The van der Waals surface area contributed by atoms with E-state index in [-0.39, 0.29) is 5.91 Å². The van der Waals surface area contributed by atoms with Crippen LogP contribution in [0.25, 0.3) is 0 Å². The van der Waals surface area contributed by atoms with Crippen molar-refractivity contribution >= 4 is 12.3 Å². The number of aryl methyl sites for hydroxylation is 2. The molecule has 4 aromatic rings. The Balaban J connectivity index is 0.000000366. The molecule has 51 heavy (non-hydrogen) atoms. The maximum Gasteiger partial charge on any atom is 0.257 e. The molecule has 4 aromatic carbocycles. The number of rotatable bonds is 13. The van der Waals surface area contributed by atoms with E-state index in [1.54, 1.807) is 9.80 Å². The zero-order chi connectivity index (χ0) is 37.4. The molecule has 1 aliphatic heterocycles. The van der Waals surface area contributed by atoms with Crippen LogP contribution in [0.4, 0.5) is 0 Å². The molecule has 276 valence electrons. The summed E-state index contributed by atoms with van der Waals surface area (Å²) in [6.07, 6.45) is 6.66. The van der Waals surface area contributed by atoms with Gasteiger partial charge in [0.2, 0.25) is 6.41 Å². The Morgan fingerprint density at radius 3 is 1.80 bits per heavy atom. The number of nitrogens with zero attached hydrogens (tertiary/aromatic N) is 2. The van der Waals surface area contributed by atoms with E-state index in [2.05, 4.69) is 52.8 Å². The molecule has 7 heteroatoms. The molecular formula is C44H61N3O4. The Bertz CT molecular complexity index is 1550. The van der Waals surface area contributed by atoms with Crippen molar-refractivity contribution in [3.8, 4) is 11.5 Å². The third-order valence-electron chi connectivity index (χ3n) is 8.22. The van der Waals surface area contributed by atoms with Crippen LogP contribution in [0.3, 0.4) is 0 Å². The molecule has 0 saturated carbocycles. The van der Waals surface area contributed by atoms with Gasteiger partial charge in [0.25, 0.3) is 5.91 Å². The fourth-order valence-electron chi connectivity index (χ4n) is 4.91. The van der Waals surface area contributed by atoms with Crippen molar-refractivity contribution in [2.24, 2.45) is 5.73 Å². The van der Waals surface area contributed by atoms with Crippen LogP contribution in [-0.2, 0) is 31.1 Å². The molecule has 0 atom stereocenters. The highest BCUT2D eigenvalue weighted by Crippen LogP contribution is 2.31. The number of nitrogens with two attached hydrogens (primary N) is 1. The number of hydrogen-bond donors (Lipinski definition) is 1. The molecule has 0 bridgehead atoms. The van der Waals surface area contributed by atoms with E-state index in [1.807, 2.05) is 86.8 Å². The van der Waals surface area contributed by atoms with E-state index in [0.29, 0.717) is 24.5 Å². The van der Waals surface area contributed by atoms with E-state index < -0.39 is 0 Å². The normalized spacial score (nSPS) is 11.0. The van der Waals surface area contributed by atoms with E-state index in [1.165, 1.54) is 29.5 Å². The smallest absolute Gasteiger partial charge is 0.257 e. The van der Waals surface area contributed by atoms with Gasteiger partial charge in [-0.1, -0.05) is 131 Å². The first-order chi connectivity index (χ1) is 24.7. The van der Waals surface area contributed by atoms with Gasteiger partial charge in [-0.3, -0.25) is 9.59 Å². The Morgan fingerprint density at radius 1 is 0.745 bits per heavy atom. The van der Waals surface area contributed by atoms with Crippen molar-refractivity contribution in [1.82, 2.24) is 9.80 Å². The molecular weight excluding hydrogens is 635 g/mol. The van der Waals surface area contributed by atoms with Crippen molar-refractivity contribution in [2.75, 3.05) is 20.1 Å². The Morgan fingerprint density at radius 2 is 1.29 bits per heavy atom. The summed E-state index contributed by atoms with van der Waals surface area (Å²) in [5.41, 5.74) is 12.5. The van der Waals surface area contributed by atoms with E-state index in [9.17, 15) is 9.59 Å². The molecule has 0 spiro atoms. The summed E-state index contributed by atoms with van der Waals surface area (Å²) in [4.78, 5) is 27.2. The van der Waals surface area contributed by atoms with Gasteiger partial charge in [-0.2, -0.15) is 0 Å². The van der Waals surface area contributed by atoms with Crippen LogP contribution in [0.5, 0.6) is 11.5 Å². The highest BCUT2D eigenvalue weighted by Gasteiger charge is 2.20. The third-order valence-corrected chi connectivity index (χ3v) is 8.22. The summed E-state index contributed by atoms with van der Waals surface area (Å²) >= 11 is 0. The average Bonchev–Trinajstić information content (AvgIpc) is 3.59. The second kappa shape index (κ2) is 24.5. The fraction of sp³-hybridized carbons (Fsp3) is 0.409. The number of ether oxygens (including phenoxy) is 2. The van der Waals surface area contributed by atoms with Gasteiger partial charge in [-0.05, 0) is 67.1 Å². The summed E-state index contributed by atoms with van der Waals surface area (Å²) in [5.74, 6) is 1.24. The van der Waals surface area contributed by atoms with Crippen LogP contribution in [0.2, 0.25) is 0 Å². The summed E-state index contributed by atoms with van der Waals surface area (Å²) in [6, 6.07) is 30.1. The molecule has 0 fully saturated rings. The first-order valence-corrected chi connectivity index (χ1v) is 18.4. The molecule has 0 saturated heterocycles. The summed E-state index contributed by atoms with van der Waals surface area (Å²) in [7, 11) is 1.84. The standard InChI is InChI=1S/C27H31NO3.C10H11NO.C4H10.C3H9N/c1-4-5-16-28(3)27(29)24-17-21(2)25(30-19-22-12-8-6-9-13-22)18-26(24)31-20-23-14-10-7-11-15-23;1-8-2-3-9-5-11(7-12)6-10(9)4-8;1-3-4-2;1-2-3-4/h6-15,17-18H,4-5,16,19-20H2,1-3H3;2-4,7H,5-6H2,1H3;3-4H2,1-2H3;2-4H2,1H3. The van der Waals surface area contributed by atoms with E-state index in [4.69, 9.17) is 15.2 Å². The lowest BCUT2D eigenvalue weighted by atomic mass is 10.1. The Kier molecular flexibility index (Phi) is 20.5. The fourth-order valence-corrected chi connectivity index (χ4v) is 4.91. The summed E-state index contributed by atoms with van der Waals surface area (Å²) < 4.78 is 12.2. The van der Waals surface area contributed by atoms with E-state index >= 15 is 0 Å². The molecule has 2 N–H and O–H groups in total. The summed E-state index contributed by atoms with van der Waals surface area (Å²) in [5, 5.41) is 0. The molecule has 1 heterocycles. The zero-order valence-corrected chi connectivity index (χ0v) is 32.1. The lowest BCUT2D eigenvalue weighted by Gasteiger charge is -2.21. The molecule has 0 aliphatic carbocycles. The molecule has 5 rings (SSSR count). The van der Waals surface area contributed by atoms with Crippen molar-refractivity contribution < 1.29 is 19.1 Å². The van der Waals surface area contributed by atoms with Gasteiger partial charge in [0.15, 0.2) is 0 Å². The second-order valence-electron chi connectivity index (χ2n) is 12.8. The van der Waals surface area contributed by atoms with Gasteiger partial charge in [0.1, 0.15) is 24.7 Å². The van der Waals surface area contributed by atoms with Crippen LogP contribution in [0.15, 0.2) is 91.0 Å². The number of carbonyl (C=O) groups excluding carboxylic acids is 2. The molecule has 1 aliphatic rings. The molecule has 0 aromatic heterocycles. The monoisotopic (exact) mass is 695 g/mol. The van der Waals surface area contributed by atoms with Gasteiger partial charge in [-0.25, -0.2) is 0 Å². The van der Waals surface area contributed by atoms with Crippen molar-refractivity contribution in [3.05, 3.63) is 130 Å². The topological polar surface area (TPSA) is 85.1 Å². The number of benzene rings is 4. The minimum atomic E-state index is -0.0331. The van der Waals surface area contributed by atoms with Crippen LogP contribution in [-0.4, -0.2) is 42.3 Å².